The monoisotopic (exact) mass is 470 g/mol. The lowest BCUT2D eigenvalue weighted by atomic mass is 9.95. The lowest BCUT2D eigenvalue weighted by Crippen LogP contribution is -2.36. The molecule has 0 unspecified atom stereocenters. The summed E-state index contributed by atoms with van der Waals surface area (Å²) >= 11 is 6.24. The molecule has 1 fully saturated rings. The van der Waals surface area contributed by atoms with Gasteiger partial charge in [0.05, 0.1) is 17.1 Å². The van der Waals surface area contributed by atoms with Crippen LogP contribution in [0.15, 0.2) is 42.5 Å². The van der Waals surface area contributed by atoms with Crippen LogP contribution in [0.3, 0.4) is 0 Å². The zero-order valence-corrected chi connectivity index (χ0v) is 19.8. The normalized spacial score (nSPS) is 13.9. The van der Waals surface area contributed by atoms with Crippen molar-refractivity contribution in [3.05, 3.63) is 53.1 Å². The maximum atomic E-state index is 12.7. The fraction of sp³-hybridized carbons (Fsp3) is 0.400. The number of carbonyl (C=O) groups excluding carboxylic acids is 3. The van der Waals surface area contributed by atoms with Crippen LogP contribution in [0.1, 0.15) is 56.3 Å². The molecule has 1 aliphatic rings. The second-order valence-corrected chi connectivity index (χ2v) is 9.04. The van der Waals surface area contributed by atoms with E-state index in [-0.39, 0.29) is 36.2 Å². The molecule has 2 aromatic carbocycles. The highest BCUT2D eigenvalue weighted by Crippen LogP contribution is 2.23. The SMILES string of the molecule is CC(C)C(=O)Nc1cccc(NCC(=O)Nc2ccc(Cl)c(C(=O)NC3CCCCC3)c2)c1. The summed E-state index contributed by atoms with van der Waals surface area (Å²) in [5, 5.41) is 12.1. The van der Waals surface area contributed by atoms with Gasteiger partial charge < -0.3 is 21.3 Å². The summed E-state index contributed by atoms with van der Waals surface area (Å²) in [5.41, 5.74) is 2.21. The third-order valence-corrected chi connectivity index (χ3v) is 5.87. The summed E-state index contributed by atoms with van der Waals surface area (Å²) in [5.74, 6) is -0.689. The van der Waals surface area contributed by atoms with Crippen molar-refractivity contribution in [1.82, 2.24) is 5.32 Å². The molecule has 0 saturated heterocycles. The van der Waals surface area contributed by atoms with E-state index in [1.807, 2.05) is 19.9 Å². The van der Waals surface area contributed by atoms with Gasteiger partial charge in [-0.15, -0.1) is 0 Å². The van der Waals surface area contributed by atoms with E-state index in [2.05, 4.69) is 21.3 Å². The zero-order chi connectivity index (χ0) is 23.8. The number of halogens is 1. The van der Waals surface area contributed by atoms with E-state index in [0.717, 1.165) is 25.7 Å². The van der Waals surface area contributed by atoms with Crippen LogP contribution < -0.4 is 21.3 Å². The van der Waals surface area contributed by atoms with E-state index in [4.69, 9.17) is 11.6 Å². The van der Waals surface area contributed by atoms with Crippen LogP contribution in [0.2, 0.25) is 5.02 Å². The van der Waals surface area contributed by atoms with Crippen LogP contribution in [0.25, 0.3) is 0 Å². The van der Waals surface area contributed by atoms with E-state index in [1.54, 1.807) is 36.4 Å². The number of carbonyl (C=O) groups is 3. The van der Waals surface area contributed by atoms with E-state index in [0.29, 0.717) is 27.6 Å². The molecule has 3 rings (SSSR count). The fourth-order valence-corrected chi connectivity index (χ4v) is 3.87. The minimum absolute atomic E-state index is 0.0216. The molecule has 176 valence electrons. The van der Waals surface area contributed by atoms with Gasteiger partial charge in [-0.3, -0.25) is 14.4 Å². The minimum Gasteiger partial charge on any atom is -0.376 e. The number of benzene rings is 2. The van der Waals surface area contributed by atoms with Crippen LogP contribution >= 0.6 is 11.6 Å². The van der Waals surface area contributed by atoms with Crippen LogP contribution in [0.5, 0.6) is 0 Å². The first-order valence-corrected chi connectivity index (χ1v) is 11.7. The Hall–Kier alpha value is -3.06. The zero-order valence-electron chi connectivity index (χ0n) is 19.0. The highest BCUT2D eigenvalue weighted by atomic mass is 35.5. The first-order valence-electron chi connectivity index (χ1n) is 11.4. The molecule has 33 heavy (non-hydrogen) atoms. The van der Waals surface area contributed by atoms with E-state index >= 15 is 0 Å². The molecule has 7 nitrogen and oxygen atoms in total. The molecule has 2 aromatic rings. The Morgan fingerprint density at radius 2 is 1.64 bits per heavy atom. The van der Waals surface area contributed by atoms with Gasteiger partial charge in [-0.2, -0.15) is 0 Å². The molecule has 8 heteroatoms. The van der Waals surface area contributed by atoms with Gasteiger partial charge in [-0.25, -0.2) is 0 Å². The highest BCUT2D eigenvalue weighted by molar-refractivity contribution is 6.34. The van der Waals surface area contributed by atoms with Crippen LogP contribution in [0, 0.1) is 5.92 Å². The summed E-state index contributed by atoms with van der Waals surface area (Å²) in [4.78, 5) is 37.0. The molecular weight excluding hydrogens is 440 g/mol. The van der Waals surface area contributed by atoms with Crippen molar-refractivity contribution in [1.29, 1.82) is 0 Å². The molecule has 1 aliphatic carbocycles. The molecule has 1 saturated carbocycles. The molecule has 4 N–H and O–H groups in total. The molecule has 0 heterocycles. The number of amides is 3. The Kier molecular flexibility index (Phi) is 8.72. The van der Waals surface area contributed by atoms with Crippen LogP contribution in [-0.2, 0) is 9.59 Å². The topological polar surface area (TPSA) is 99.3 Å². The van der Waals surface area contributed by atoms with Crippen molar-refractivity contribution < 1.29 is 14.4 Å². The maximum absolute atomic E-state index is 12.7. The summed E-state index contributed by atoms with van der Waals surface area (Å²) in [6.07, 6.45) is 5.41. The van der Waals surface area contributed by atoms with Crippen molar-refractivity contribution in [3.8, 4) is 0 Å². The van der Waals surface area contributed by atoms with Gasteiger partial charge in [0, 0.05) is 29.0 Å². The summed E-state index contributed by atoms with van der Waals surface area (Å²) in [7, 11) is 0. The van der Waals surface area contributed by atoms with Crippen molar-refractivity contribution in [2.24, 2.45) is 5.92 Å². The molecule has 0 radical (unpaired) electrons. The van der Waals surface area contributed by atoms with E-state index in [1.165, 1.54) is 6.42 Å². The first-order chi connectivity index (χ1) is 15.8. The molecule has 3 amide bonds. The van der Waals surface area contributed by atoms with Gasteiger partial charge in [0.25, 0.3) is 5.91 Å². The van der Waals surface area contributed by atoms with Crippen LogP contribution in [0.4, 0.5) is 17.1 Å². The van der Waals surface area contributed by atoms with Gasteiger partial charge in [-0.05, 0) is 49.2 Å². The Morgan fingerprint density at radius 1 is 0.939 bits per heavy atom. The number of anilines is 3. The summed E-state index contributed by atoms with van der Waals surface area (Å²) < 4.78 is 0. The summed E-state index contributed by atoms with van der Waals surface area (Å²) in [6, 6.07) is 12.2. The Bertz CT molecular complexity index is 1000. The average molecular weight is 471 g/mol. The second kappa shape index (κ2) is 11.7. The molecule has 0 aromatic heterocycles. The van der Waals surface area contributed by atoms with Crippen molar-refractivity contribution in [3.63, 3.8) is 0 Å². The van der Waals surface area contributed by atoms with Gasteiger partial charge in [-0.1, -0.05) is 50.8 Å². The molecule has 0 spiro atoms. The number of rotatable bonds is 8. The Labute approximate surface area is 199 Å². The maximum Gasteiger partial charge on any atom is 0.253 e. The molecule has 0 bridgehead atoms. The van der Waals surface area contributed by atoms with Gasteiger partial charge >= 0.3 is 0 Å². The second-order valence-electron chi connectivity index (χ2n) is 8.63. The lowest BCUT2D eigenvalue weighted by molar-refractivity contribution is -0.119. The lowest BCUT2D eigenvalue weighted by Gasteiger charge is -2.23. The van der Waals surface area contributed by atoms with Crippen molar-refractivity contribution in [2.45, 2.75) is 52.0 Å². The van der Waals surface area contributed by atoms with Gasteiger partial charge in [0.15, 0.2) is 0 Å². The fourth-order valence-electron chi connectivity index (χ4n) is 3.67. The van der Waals surface area contributed by atoms with Crippen molar-refractivity contribution >= 4 is 46.4 Å². The minimum atomic E-state index is -0.271. The molecule has 0 atom stereocenters. The van der Waals surface area contributed by atoms with E-state index in [9.17, 15) is 14.4 Å². The number of nitrogens with one attached hydrogen (secondary N) is 4. The smallest absolute Gasteiger partial charge is 0.253 e. The van der Waals surface area contributed by atoms with E-state index < -0.39 is 0 Å². The van der Waals surface area contributed by atoms with Gasteiger partial charge in [0.1, 0.15) is 0 Å². The molecular formula is C25H31ClN4O3. The first kappa shape index (κ1) is 24.6. The standard InChI is InChI=1S/C25H31ClN4O3/c1-16(2)24(32)30-19-10-6-9-18(13-19)27-15-23(31)28-20-11-12-22(26)21(14-20)25(33)29-17-7-4-3-5-8-17/h6,9-14,16-17,27H,3-5,7-8,15H2,1-2H3,(H,28,31)(H,29,33)(H,30,32). The molecule has 0 aliphatic heterocycles. The number of hydrogen-bond donors (Lipinski definition) is 4. The predicted molar refractivity (Wildman–Crippen MR) is 133 cm³/mol. The Morgan fingerprint density at radius 3 is 2.36 bits per heavy atom. The van der Waals surface area contributed by atoms with Gasteiger partial charge in [0.2, 0.25) is 11.8 Å². The third-order valence-electron chi connectivity index (χ3n) is 5.54. The Balaban J connectivity index is 1.55. The largest absolute Gasteiger partial charge is 0.376 e. The predicted octanol–water partition coefficient (Wildman–Crippen LogP) is 5.05. The quantitative estimate of drug-likeness (QED) is 0.434. The average Bonchev–Trinajstić information content (AvgIpc) is 2.80. The van der Waals surface area contributed by atoms with Crippen molar-refractivity contribution in [2.75, 3.05) is 22.5 Å². The third kappa shape index (κ3) is 7.49. The summed E-state index contributed by atoms with van der Waals surface area (Å²) in [6.45, 7) is 3.67. The number of hydrogen-bond acceptors (Lipinski definition) is 4. The highest BCUT2D eigenvalue weighted by Gasteiger charge is 2.19. The van der Waals surface area contributed by atoms with Crippen LogP contribution in [-0.4, -0.2) is 30.3 Å².